The quantitative estimate of drug-likeness (QED) is 0.741. The van der Waals surface area contributed by atoms with Crippen molar-refractivity contribution in [2.24, 2.45) is 5.92 Å². The number of hydrogen-bond acceptors (Lipinski definition) is 4. The minimum atomic E-state index is -0.199. The topological polar surface area (TPSA) is 54.7 Å². The Bertz CT molecular complexity index is 790. The summed E-state index contributed by atoms with van der Waals surface area (Å²) in [7, 11) is 1.59. The molecule has 1 saturated heterocycles. The fourth-order valence-corrected chi connectivity index (χ4v) is 3.76. The van der Waals surface area contributed by atoms with Gasteiger partial charge in [0.2, 0.25) is 5.91 Å². The first-order valence-corrected chi connectivity index (χ1v) is 9.90. The zero-order valence-corrected chi connectivity index (χ0v) is 16.7. The number of aryl methyl sites for hydroxylation is 1. The SMILES string of the molecule is COc1ccc(F)c(CN2CCC[C@H](CCC(=O)NCc3ccc(C)o3)C2)c1. The lowest BCUT2D eigenvalue weighted by atomic mass is 9.93. The fraction of sp³-hybridized carbons (Fsp3) is 0.500. The van der Waals surface area contributed by atoms with Crippen LogP contribution in [0.5, 0.6) is 5.75 Å². The van der Waals surface area contributed by atoms with Crippen molar-refractivity contribution in [3.05, 3.63) is 53.2 Å². The second-order valence-corrected chi connectivity index (χ2v) is 7.53. The first kappa shape index (κ1) is 20.4. The molecule has 1 amide bonds. The molecule has 28 heavy (non-hydrogen) atoms. The number of ether oxygens (including phenoxy) is 1. The summed E-state index contributed by atoms with van der Waals surface area (Å²) in [5, 5.41) is 2.91. The van der Waals surface area contributed by atoms with Gasteiger partial charge in [-0.3, -0.25) is 9.69 Å². The van der Waals surface area contributed by atoms with Gasteiger partial charge in [-0.25, -0.2) is 4.39 Å². The van der Waals surface area contributed by atoms with Crippen LogP contribution in [0, 0.1) is 18.7 Å². The molecule has 1 aliphatic heterocycles. The summed E-state index contributed by atoms with van der Waals surface area (Å²) in [5.74, 6) is 2.60. The minimum absolute atomic E-state index is 0.0463. The molecule has 0 bridgehead atoms. The third-order valence-electron chi connectivity index (χ3n) is 5.29. The van der Waals surface area contributed by atoms with Crippen molar-refractivity contribution < 1.29 is 18.3 Å². The van der Waals surface area contributed by atoms with Gasteiger partial charge in [-0.2, -0.15) is 0 Å². The van der Waals surface area contributed by atoms with Gasteiger partial charge in [0.25, 0.3) is 0 Å². The number of hydrogen-bond donors (Lipinski definition) is 1. The number of amides is 1. The van der Waals surface area contributed by atoms with E-state index >= 15 is 0 Å². The Balaban J connectivity index is 1.44. The molecule has 2 heterocycles. The summed E-state index contributed by atoms with van der Waals surface area (Å²) in [6, 6.07) is 8.64. The number of rotatable bonds is 8. The summed E-state index contributed by atoms with van der Waals surface area (Å²) in [4.78, 5) is 14.4. The number of carbonyl (C=O) groups is 1. The molecule has 1 aliphatic rings. The van der Waals surface area contributed by atoms with E-state index in [1.165, 1.54) is 6.07 Å². The van der Waals surface area contributed by atoms with Gasteiger partial charge in [0.15, 0.2) is 0 Å². The molecule has 0 spiro atoms. The number of halogens is 1. The lowest BCUT2D eigenvalue weighted by Crippen LogP contribution is -2.35. The number of carbonyl (C=O) groups excluding carboxylic acids is 1. The highest BCUT2D eigenvalue weighted by Crippen LogP contribution is 2.24. The predicted molar refractivity (Wildman–Crippen MR) is 105 cm³/mol. The zero-order valence-electron chi connectivity index (χ0n) is 16.7. The van der Waals surface area contributed by atoms with Crippen molar-refractivity contribution in [1.29, 1.82) is 0 Å². The van der Waals surface area contributed by atoms with E-state index < -0.39 is 0 Å². The maximum Gasteiger partial charge on any atom is 0.220 e. The molecule has 6 heteroatoms. The van der Waals surface area contributed by atoms with E-state index in [2.05, 4.69) is 10.2 Å². The van der Waals surface area contributed by atoms with E-state index in [0.717, 1.165) is 43.9 Å². The van der Waals surface area contributed by atoms with Gasteiger partial charge in [0, 0.05) is 25.1 Å². The maximum absolute atomic E-state index is 14.1. The fourth-order valence-electron chi connectivity index (χ4n) is 3.76. The number of nitrogens with zero attached hydrogens (tertiary/aromatic N) is 1. The summed E-state index contributed by atoms with van der Waals surface area (Å²) in [5.41, 5.74) is 0.659. The van der Waals surface area contributed by atoms with Gasteiger partial charge in [0.05, 0.1) is 13.7 Å². The third kappa shape index (κ3) is 5.83. The van der Waals surface area contributed by atoms with Gasteiger partial charge < -0.3 is 14.5 Å². The third-order valence-corrected chi connectivity index (χ3v) is 5.29. The summed E-state index contributed by atoms with van der Waals surface area (Å²) < 4.78 is 24.8. The van der Waals surface area contributed by atoms with Crippen LogP contribution in [-0.4, -0.2) is 31.0 Å². The molecule has 1 atom stereocenters. The van der Waals surface area contributed by atoms with Crippen LogP contribution >= 0.6 is 0 Å². The Labute approximate surface area is 165 Å². The predicted octanol–water partition coefficient (Wildman–Crippen LogP) is 4.04. The molecule has 0 unspecified atom stereocenters. The van der Waals surface area contributed by atoms with Gasteiger partial charge >= 0.3 is 0 Å². The highest BCUT2D eigenvalue weighted by molar-refractivity contribution is 5.75. The molecular formula is C22H29FN2O3. The maximum atomic E-state index is 14.1. The standard InChI is InChI=1S/C22H29FN2O3/c1-16-5-7-20(28-16)13-24-22(26)10-6-17-4-3-11-25(14-17)15-18-12-19(27-2)8-9-21(18)23/h5,7-9,12,17H,3-4,6,10-11,13-15H2,1-2H3,(H,24,26)/t17-/m1/s1. The molecule has 152 valence electrons. The van der Waals surface area contributed by atoms with Crippen LogP contribution in [0.1, 0.15) is 42.8 Å². The average Bonchev–Trinajstić information content (AvgIpc) is 3.12. The molecule has 0 aliphatic carbocycles. The number of piperidine rings is 1. The van der Waals surface area contributed by atoms with Crippen LogP contribution in [0.3, 0.4) is 0 Å². The first-order valence-electron chi connectivity index (χ1n) is 9.90. The Morgan fingerprint density at radius 3 is 2.96 bits per heavy atom. The summed E-state index contributed by atoms with van der Waals surface area (Å²) in [6.07, 6.45) is 3.54. The van der Waals surface area contributed by atoms with Crippen molar-refractivity contribution in [2.45, 2.75) is 45.7 Å². The van der Waals surface area contributed by atoms with Crippen LogP contribution in [0.25, 0.3) is 0 Å². The van der Waals surface area contributed by atoms with Gasteiger partial charge in [-0.1, -0.05) is 0 Å². The zero-order chi connectivity index (χ0) is 19.9. The normalized spacial score (nSPS) is 17.5. The molecular weight excluding hydrogens is 359 g/mol. The van der Waals surface area contributed by atoms with Crippen molar-refractivity contribution in [3.63, 3.8) is 0 Å². The number of methoxy groups -OCH3 is 1. The Kier molecular flexibility index (Phi) is 7.09. The molecule has 1 fully saturated rings. The van der Waals surface area contributed by atoms with E-state index in [0.29, 0.717) is 36.7 Å². The number of benzene rings is 1. The van der Waals surface area contributed by atoms with Crippen LogP contribution < -0.4 is 10.1 Å². The Morgan fingerprint density at radius 1 is 1.36 bits per heavy atom. The monoisotopic (exact) mass is 388 g/mol. The summed E-state index contributed by atoms with van der Waals surface area (Å²) in [6.45, 7) is 4.73. The molecule has 0 saturated carbocycles. The smallest absolute Gasteiger partial charge is 0.220 e. The molecule has 2 aromatic rings. The minimum Gasteiger partial charge on any atom is -0.497 e. The Morgan fingerprint density at radius 2 is 2.21 bits per heavy atom. The van der Waals surface area contributed by atoms with E-state index in [1.54, 1.807) is 19.2 Å². The van der Waals surface area contributed by atoms with Gasteiger partial charge in [-0.05, 0) is 69.0 Å². The van der Waals surface area contributed by atoms with E-state index in [-0.39, 0.29) is 11.7 Å². The molecule has 1 aromatic carbocycles. The van der Waals surface area contributed by atoms with Crippen molar-refractivity contribution in [3.8, 4) is 5.75 Å². The summed E-state index contributed by atoms with van der Waals surface area (Å²) >= 11 is 0. The highest BCUT2D eigenvalue weighted by atomic mass is 19.1. The number of furan rings is 1. The van der Waals surface area contributed by atoms with Crippen LogP contribution in [0.2, 0.25) is 0 Å². The lowest BCUT2D eigenvalue weighted by Gasteiger charge is -2.32. The number of likely N-dealkylation sites (tertiary alicyclic amines) is 1. The lowest BCUT2D eigenvalue weighted by molar-refractivity contribution is -0.121. The first-order chi connectivity index (χ1) is 13.5. The van der Waals surface area contributed by atoms with Crippen molar-refractivity contribution in [1.82, 2.24) is 10.2 Å². The second-order valence-electron chi connectivity index (χ2n) is 7.53. The van der Waals surface area contributed by atoms with Crippen molar-refractivity contribution in [2.75, 3.05) is 20.2 Å². The van der Waals surface area contributed by atoms with Crippen LogP contribution in [-0.2, 0) is 17.9 Å². The largest absolute Gasteiger partial charge is 0.497 e. The second kappa shape index (κ2) is 9.73. The van der Waals surface area contributed by atoms with Crippen LogP contribution in [0.4, 0.5) is 4.39 Å². The number of nitrogens with one attached hydrogen (secondary N) is 1. The average molecular weight is 388 g/mol. The van der Waals surface area contributed by atoms with E-state index in [9.17, 15) is 9.18 Å². The van der Waals surface area contributed by atoms with E-state index in [1.807, 2.05) is 19.1 Å². The Hall–Kier alpha value is -2.34. The molecule has 1 aromatic heterocycles. The molecule has 0 radical (unpaired) electrons. The van der Waals surface area contributed by atoms with Crippen molar-refractivity contribution >= 4 is 5.91 Å². The van der Waals surface area contributed by atoms with E-state index in [4.69, 9.17) is 9.15 Å². The molecule has 5 nitrogen and oxygen atoms in total. The molecule has 1 N–H and O–H groups in total. The highest BCUT2D eigenvalue weighted by Gasteiger charge is 2.21. The van der Waals surface area contributed by atoms with Gasteiger partial charge in [0.1, 0.15) is 23.1 Å². The molecule has 3 rings (SSSR count). The van der Waals surface area contributed by atoms with Crippen LogP contribution in [0.15, 0.2) is 34.7 Å². The van der Waals surface area contributed by atoms with Gasteiger partial charge in [-0.15, -0.1) is 0 Å².